The van der Waals surface area contributed by atoms with Crippen LogP contribution >= 0.6 is 0 Å². The lowest BCUT2D eigenvalue weighted by atomic mass is 10.1. The summed E-state index contributed by atoms with van der Waals surface area (Å²) in [5.41, 5.74) is -4.15. The average molecular weight is 256 g/mol. The monoisotopic (exact) mass is 256 g/mol. The van der Waals surface area contributed by atoms with E-state index in [1.54, 1.807) is 0 Å². The minimum Gasteiger partial charge on any atom is -0.203 e. The van der Waals surface area contributed by atoms with Gasteiger partial charge in [-0.25, -0.2) is 17.6 Å². The molecule has 0 unspecified atom stereocenters. The fourth-order valence-corrected chi connectivity index (χ4v) is 1.09. The molecule has 1 aromatic carbocycles. The molecule has 1 rings (SSSR count). The zero-order chi connectivity index (χ0) is 13.4. The summed E-state index contributed by atoms with van der Waals surface area (Å²) in [7, 11) is 0. The van der Waals surface area contributed by atoms with Crippen LogP contribution < -0.4 is 0 Å². The fraction of sp³-hybridized carbons (Fsp3) is 0.111. The Morgan fingerprint density at radius 3 is 1.59 bits per heavy atom. The average Bonchev–Trinajstić information content (AvgIpc) is 2.20. The molecule has 0 saturated carbocycles. The number of halogens is 7. The Bertz CT molecular complexity index is 469. The van der Waals surface area contributed by atoms with Crippen molar-refractivity contribution in [2.24, 2.45) is 0 Å². The molecular weight excluding hydrogens is 255 g/mol. The van der Waals surface area contributed by atoms with E-state index in [4.69, 9.17) is 5.26 Å². The second-order valence-electron chi connectivity index (χ2n) is 2.82. The number of hydrogen-bond donors (Lipinski definition) is 0. The van der Waals surface area contributed by atoms with E-state index in [1.165, 1.54) is 0 Å². The highest BCUT2D eigenvalue weighted by atomic mass is 19.4. The van der Waals surface area contributed by atoms with E-state index in [1.807, 2.05) is 0 Å². The molecule has 0 bridgehead atoms. The van der Waals surface area contributed by atoms with Gasteiger partial charge in [0.15, 0.2) is 23.3 Å². The molecule has 0 amide bonds. The van der Waals surface area contributed by atoms with Crippen molar-refractivity contribution in [1.82, 2.24) is 0 Å². The van der Waals surface area contributed by atoms with Crippen LogP contribution in [0, 0.1) is 41.0 Å². The maximum Gasteiger partial charge on any atom is 0.422 e. The van der Waals surface area contributed by atoms with Crippen LogP contribution in [0.3, 0.4) is 0 Å². The lowest BCUT2D eigenvalue weighted by Crippen LogP contribution is -2.16. The largest absolute Gasteiger partial charge is 0.422 e. The van der Waals surface area contributed by atoms with Crippen LogP contribution in [0.5, 0.6) is 0 Å². The first-order valence-electron chi connectivity index (χ1n) is 3.87. The third-order valence-electron chi connectivity index (χ3n) is 1.79. The summed E-state index contributed by atoms with van der Waals surface area (Å²) in [6.45, 7) is 0. The predicted octanol–water partition coefficient (Wildman–Crippen LogP) is 3.34. The maximum atomic E-state index is 13.0. The Morgan fingerprint density at radius 2 is 1.29 bits per heavy atom. The molecule has 0 heterocycles. The second-order valence-corrected chi connectivity index (χ2v) is 2.82. The predicted molar refractivity (Wildman–Crippen MR) is 40.3 cm³/mol. The molecule has 0 aliphatic heterocycles. The standard InChI is InChI=1S/C9HF7N/c10-5-3(1-2-17)6(11)8(13)4(7(5)12)9(14,15)16/h1H. The van der Waals surface area contributed by atoms with Crippen LogP contribution in [0.2, 0.25) is 0 Å². The van der Waals surface area contributed by atoms with E-state index in [-0.39, 0.29) is 6.42 Å². The molecule has 8 heteroatoms. The highest BCUT2D eigenvalue weighted by Crippen LogP contribution is 2.37. The van der Waals surface area contributed by atoms with Crippen molar-refractivity contribution in [3.63, 3.8) is 0 Å². The molecule has 0 saturated heterocycles. The summed E-state index contributed by atoms with van der Waals surface area (Å²) >= 11 is 0. The van der Waals surface area contributed by atoms with Gasteiger partial charge in [0.25, 0.3) is 0 Å². The van der Waals surface area contributed by atoms with Crippen LogP contribution in [-0.2, 0) is 6.18 Å². The summed E-state index contributed by atoms with van der Waals surface area (Å²) in [4.78, 5) is 0. The highest BCUT2D eigenvalue weighted by Gasteiger charge is 2.42. The quantitative estimate of drug-likeness (QED) is 0.558. The van der Waals surface area contributed by atoms with Crippen molar-refractivity contribution in [2.45, 2.75) is 6.18 Å². The van der Waals surface area contributed by atoms with Gasteiger partial charge in [0.1, 0.15) is 5.56 Å². The lowest BCUT2D eigenvalue weighted by Gasteiger charge is -2.12. The van der Waals surface area contributed by atoms with E-state index in [0.29, 0.717) is 0 Å². The Labute approximate surface area is 90.1 Å². The number of rotatable bonds is 1. The molecule has 0 aromatic heterocycles. The summed E-state index contributed by atoms with van der Waals surface area (Å²) < 4.78 is 88.0. The lowest BCUT2D eigenvalue weighted by molar-refractivity contribution is -0.143. The second kappa shape index (κ2) is 4.24. The molecule has 0 aliphatic rings. The van der Waals surface area contributed by atoms with E-state index < -0.39 is 40.6 Å². The van der Waals surface area contributed by atoms with Crippen molar-refractivity contribution in [3.8, 4) is 6.07 Å². The van der Waals surface area contributed by atoms with Crippen molar-refractivity contribution in [1.29, 1.82) is 5.26 Å². The van der Waals surface area contributed by atoms with Gasteiger partial charge in [-0.3, -0.25) is 0 Å². The van der Waals surface area contributed by atoms with E-state index in [9.17, 15) is 30.7 Å². The van der Waals surface area contributed by atoms with Gasteiger partial charge in [-0.2, -0.15) is 18.4 Å². The van der Waals surface area contributed by atoms with Crippen molar-refractivity contribution in [2.75, 3.05) is 0 Å². The first-order chi connectivity index (χ1) is 7.71. The molecule has 0 aliphatic carbocycles. The Morgan fingerprint density at radius 1 is 0.882 bits per heavy atom. The SMILES string of the molecule is N#C[CH]c1c(F)c(F)c(C(F)(F)F)c(F)c1F. The molecule has 1 radical (unpaired) electrons. The Hall–Kier alpha value is -1.78. The van der Waals surface area contributed by atoms with Crippen LogP contribution in [0.25, 0.3) is 0 Å². The Kier molecular flexibility index (Phi) is 3.31. The van der Waals surface area contributed by atoms with Crippen LogP contribution in [0.1, 0.15) is 11.1 Å². The van der Waals surface area contributed by atoms with Gasteiger partial charge in [0.05, 0.1) is 12.5 Å². The molecule has 0 N–H and O–H groups in total. The molecular formula is C9HF7N. The molecule has 1 aromatic rings. The molecule has 91 valence electrons. The van der Waals surface area contributed by atoms with Crippen molar-refractivity contribution >= 4 is 0 Å². The maximum absolute atomic E-state index is 13.0. The third kappa shape index (κ3) is 2.18. The van der Waals surface area contributed by atoms with E-state index in [2.05, 4.69) is 0 Å². The number of nitrogens with zero attached hydrogens (tertiary/aromatic N) is 1. The smallest absolute Gasteiger partial charge is 0.203 e. The van der Waals surface area contributed by atoms with Crippen molar-refractivity contribution < 1.29 is 30.7 Å². The number of hydrogen-bond acceptors (Lipinski definition) is 1. The van der Waals surface area contributed by atoms with Crippen LogP contribution in [0.4, 0.5) is 30.7 Å². The third-order valence-corrected chi connectivity index (χ3v) is 1.79. The minimum absolute atomic E-state index is 0.0664. The van der Waals surface area contributed by atoms with Crippen LogP contribution in [0.15, 0.2) is 0 Å². The number of nitriles is 1. The van der Waals surface area contributed by atoms with Gasteiger partial charge in [0.2, 0.25) is 0 Å². The summed E-state index contributed by atoms with van der Waals surface area (Å²) in [6.07, 6.45) is -5.52. The van der Waals surface area contributed by atoms with Gasteiger partial charge >= 0.3 is 6.18 Å². The molecule has 0 spiro atoms. The molecule has 1 nitrogen and oxygen atoms in total. The van der Waals surface area contributed by atoms with Gasteiger partial charge in [0, 0.05) is 5.56 Å². The Balaban J connectivity index is 3.66. The normalized spacial score (nSPS) is 11.4. The number of benzene rings is 1. The zero-order valence-electron chi connectivity index (χ0n) is 7.67. The molecule has 0 atom stereocenters. The summed E-state index contributed by atoms with van der Waals surface area (Å²) in [5, 5.41) is 8.07. The summed E-state index contributed by atoms with van der Waals surface area (Å²) in [6, 6.07) is 1.06. The number of alkyl halides is 3. The molecule has 17 heavy (non-hydrogen) atoms. The van der Waals surface area contributed by atoms with E-state index in [0.717, 1.165) is 6.07 Å². The summed E-state index contributed by atoms with van der Waals surface area (Å²) in [5.74, 6) is -9.70. The zero-order valence-corrected chi connectivity index (χ0v) is 7.67. The highest BCUT2D eigenvalue weighted by molar-refractivity contribution is 5.38. The van der Waals surface area contributed by atoms with Crippen molar-refractivity contribution in [3.05, 3.63) is 40.8 Å². The minimum atomic E-state index is -5.58. The molecule has 0 fully saturated rings. The topological polar surface area (TPSA) is 23.8 Å². The van der Waals surface area contributed by atoms with Gasteiger partial charge in [-0.15, -0.1) is 0 Å². The first kappa shape index (κ1) is 13.3. The van der Waals surface area contributed by atoms with Gasteiger partial charge in [-0.05, 0) is 0 Å². The van der Waals surface area contributed by atoms with E-state index >= 15 is 0 Å². The van der Waals surface area contributed by atoms with Crippen LogP contribution in [-0.4, -0.2) is 0 Å². The van der Waals surface area contributed by atoms with Gasteiger partial charge < -0.3 is 0 Å². The van der Waals surface area contributed by atoms with Gasteiger partial charge in [-0.1, -0.05) is 0 Å². The first-order valence-corrected chi connectivity index (χ1v) is 3.87. The fourth-order valence-electron chi connectivity index (χ4n) is 1.09.